The molecule has 4 rings (SSSR count). The molecular formula is C25H22FN5O4S. The highest BCUT2D eigenvalue weighted by Gasteiger charge is 2.22. The van der Waals surface area contributed by atoms with Crippen molar-refractivity contribution in [1.29, 1.82) is 0 Å². The van der Waals surface area contributed by atoms with Crippen LogP contribution in [0.25, 0.3) is 5.69 Å². The second-order valence-electron chi connectivity index (χ2n) is 7.80. The Morgan fingerprint density at radius 2 is 1.86 bits per heavy atom. The molecule has 1 aromatic heterocycles. The Hall–Kier alpha value is -4.25. The van der Waals surface area contributed by atoms with Crippen molar-refractivity contribution in [2.24, 2.45) is 0 Å². The van der Waals surface area contributed by atoms with Crippen molar-refractivity contribution >= 4 is 29.0 Å². The van der Waals surface area contributed by atoms with Gasteiger partial charge >= 0.3 is 0 Å². The Bertz CT molecular complexity index is 1400. The van der Waals surface area contributed by atoms with Crippen LogP contribution in [-0.4, -0.2) is 31.3 Å². The van der Waals surface area contributed by atoms with E-state index in [-0.39, 0.29) is 23.1 Å². The number of amides is 1. The number of nitrogens with zero attached hydrogens (tertiary/aromatic N) is 4. The van der Waals surface area contributed by atoms with E-state index in [9.17, 15) is 19.3 Å². The number of hydrogen-bond acceptors (Lipinski definition) is 7. The number of nitro benzene ring substituents is 1. The fourth-order valence-corrected chi connectivity index (χ4v) is 4.21. The monoisotopic (exact) mass is 507 g/mol. The van der Waals surface area contributed by atoms with Crippen LogP contribution in [0.4, 0.5) is 15.8 Å². The lowest BCUT2D eigenvalue weighted by atomic mass is 10.2. The fourth-order valence-electron chi connectivity index (χ4n) is 3.45. The van der Waals surface area contributed by atoms with Crippen LogP contribution in [0.5, 0.6) is 5.75 Å². The minimum absolute atomic E-state index is 0.0187. The lowest BCUT2D eigenvalue weighted by Gasteiger charge is -2.17. The van der Waals surface area contributed by atoms with Gasteiger partial charge in [-0.1, -0.05) is 48.2 Å². The topological polar surface area (TPSA) is 112 Å². The zero-order valence-corrected chi connectivity index (χ0v) is 20.2. The summed E-state index contributed by atoms with van der Waals surface area (Å²) in [4.78, 5) is 23.3. The molecule has 0 spiro atoms. The number of aryl methyl sites for hydroxylation is 1. The summed E-state index contributed by atoms with van der Waals surface area (Å²) in [7, 11) is 0. The summed E-state index contributed by atoms with van der Waals surface area (Å²) in [5.41, 5.74) is 1.51. The summed E-state index contributed by atoms with van der Waals surface area (Å²) >= 11 is 1.14. The number of carbonyl (C=O) groups is 1. The molecule has 184 valence electrons. The minimum atomic E-state index is -0.647. The van der Waals surface area contributed by atoms with E-state index >= 15 is 0 Å². The van der Waals surface area contributed by atoms with Gasteiger partial charge in [0.25, 0.3) is 5.69 Å². The molecule has 1 N–H and O–H groups in total. The summed E-state index contributed by atoms with van der Waals surface area (Å²) in [5.74, 6) is -0.347. The van der Waals surface area contributed by atoms with Crippen molar-refractivity contribution in [3.63, 3.8) is 0 Å². The summed E-state index contributed by atoms with van der Waals surface area (Å²) < 4.78 is 21.7. The number of benzene rings is 3. The Morgan fingerprint density at radius 1 is 1.14 bits per heavy atom. The van der Waals surface area contributed by atoms with Crippen LogP contribution in [0, 0.1) is 22.9 Å². The van der Waals surface area contributed by atoms with Gasteiger partial charge in [-0.2, -0.15) is 0 Å². The van der Waals surface area contributed by atoms with Crippen LogP contribution >= 0.6 is 11.8 Å². The summed E-state index contributed by atoms with van der Waals surface area (Å²) in [6, 6.07) is 19.9. The van der Waals surface area contributed by atoms with Crippen molar-refractivity contribution in [3.8, 4) is 11.4 Å². The molecule has 9 nitrogen and oxygen atoms in total. The predicted octanol–water partition coefficient (Wildman–Crippen LogP) is 5.49. The van der Waals surface area contributed by atoms with Crippen molar-refractivity contribution in [2.75, 3.05) is 11.1 Å². The molecule has 0 saturated heterocycles. The van der Waals surface area contributed by atoms with Gasteiger partial charge in [-0.05, 0) is 44.2 Å². The maximum Gasteiger partial charge on any atom is 0.274 e. The molecule has 0 saturated carbocycles. The van der Waals surface area contributed by atoms with E-state index in [1.54, 1.807) is 42.7 Å². The first kappa shape index (κ1) is 24.9. The van der Waals surface area contributed by atoms with E-state index in [1.165, 1.54) is 18.2 Å². The lowest BCUT2D eigenvalue weighted by molar-refractivity contribution is -0.385. The van der Waals surface area contributed by atoms with Crippen molar-refractivity contribution < 1.29 is 18.8 Å². The van der Waals surface area contributed by atoms with Gasteiger partial charge < -0.3 is 10.1 Å². The highest BCUT2D eigenvalue weighted by Crippen LogP contribution is 2.29. The SMILES string of the molecule is Cc1ccc(NC(=O)CSc2nnc(C(C)Oc3ccccc3F)n2-c2ccccc2)cc1[N+](=O)[O-]. The number of thioether (sulfide) groups is 1. The molecule has 0 aliphatic heterocycles. The average Bonchev–Trinajstić information content (AvgIpc) is 3.30. The number of ether oxygens (including phenoxy) is 1. The third kappa shape index (κ3) is 5.69. The first-order valence-corrected chi connectivity index (χ1v) is 11.9. The number of anilines is 1. The summed E-state index contributed by atoms with van der Waals surface area (Å²) in [6.07, 6.45) is -0.647. The molecule has 4 aromatic rings. The number of nitro groups is 1. The molecule has 0 radical (unpaired) electrons. The average molecular weight is 508 g/mol. The van der Waals surface area contributed by atoms with Gasteiger partial charge in [0.1, 0.15) is 0 Å². The molecule has 1 heterocycles. The molecular weight excluding hydrogens is 485 g/mol. The predicted molar refractivity (Wildman–Crippen MR) is 134 cm³/mol. The first-order valence-electron chi connectivity index (χ1n) is 10.9. The molecule has 0 fully saturated rings. The molecule has 0 aliphatic rings. The zero-order chi connectivity index (χ0) is 25.7. The van der Waals surface area contributed by atoms with Gasteiger partial charge in [-0.3, -0.25) is 19.5 Å². The standard InChI is InChI=1S/C25H22FN5O4S/c1-16-12-13-18(14-21(16)31(33)34)27-23(32)15-36-25-29-28-24(30(25)19-8-4-3-5-9-19)17(2)35-22-11-7-6-10-20(22)26/h3-14,17H,15H2,1-2H3,(H,27,32). The largest absolute Gasteiger partial charge is 0.480 e. The lowest BCUT2D eigenvalue weighted by Crippen LogP contribution is -2.15. The second kappa shape index (κ2) is 11.0. The smallest absolute Gasteiger partial charge is 0.274 e. The molecule has 0 aliphatic carbocycles. The van der Waals surface area contributed by atoms with Crippen LogP contribution in [0.1, 0.15) is 24.4 Å². The van der Waals surface area contributed by atoms with Gasteiger partial charge in [0, 0.05) is 23.0 Å². The highest BCUT2D eigenvalue weighted by molar-refractivity contribution is 7.99. The number of hydrogen-bond donors (Lipinski definition) is 1. The van der Waals surface area contributed by atoms with E-state index in [2.05, 4.69) is 15.5 Å². The Kier molecular flexibility index (Phi) is 7.59. The summed E-state index contributed by atoms with van der Waals surface area (Å²) in [5, 5.41) is 22.8. The molecule has 1 amide bonds. The highest BCUT2D eigenvalue weighted by atomic mass is 32.2. The van der Waals surface area contributed by atoms with Crippen LogP contribution < -0.4 is 10.1 Å². The van der Waals surface area contributed by atoms with Crippen LogP contribution in [0.2, 0.25) is 0 Å². The van der Waals surface area contributed by atoms with Crippen LogP contribution in [0.3, 0.4) is 0 Å². The maximum absolute atomic E-state index is 14.1. The third-order valence-corrected chi connectivity index (χ3v) is 6.13. The van der Waals surface area contributed by atoms with E-state index in [0.717, 1.165) is 17.4 Å². The van der Waals surface area contributed by atoms with E-state index in [4.69, 9.17) is 4.74 Å². The van der Waals surface area contributed by atoms with Gasteiger partial charge in [-0.15, -0.1) is 10.2 Å². The Balaban J connectivity index is 1.53. The number of aromatic nitrogens is 3. The van der Waals surface area contributed by atoms with E-state index in [1.807, 2.05) is 30.3 Å². The molecule has 0 bridgehead atoms. The Morgan fingerprint density at radius 3 is 2.58 bits per heavy atom. The molecule has 11 heteroatoms. The fraction of sp³-hybridized carbons (Fsp3) is 0.160. The zero-order valence-electron chi connectivity index (χ0n) is 19.4. The van der Waals surface area contributed by atoms with E-state index in [0.29, 0.717) is 22.2 Å². The van der Waals surface area contributed by atoms with Gasteiger partial charge in [0.2, 0.25) is 5.91 Å². The minimum Gasteiger partial charge on any atom is -0.480 e. The number of carbonyl (C=O) groups excluding carboxylic acids is 1. The van der Waals surface area contributed by atoms with Crippen LogP contribution in [-0.2, 0) is 4.79 Å². The van der Waals surface area contributed by atoms with Crippen molar-refractivity contribution in [2.45, 2.75) is 25.1 Å². The Labute approximate surface area is 210 Å². The van der Waals surface area contributed by atoms with Crippen molar-refractivity contribution in [3.05, 3.63) is 100 Å². The maximum atomic E-state index is 14.1. The van der Waals surface area contributed by atoms with E-state index < -0.39 is 16.8 Å². The number of rotatable bonds is 9. The quantitative estimate of drug-likeness (QED) is 0.181. The number of halogens is 1. The van der Waals surface area contributed by atoms with Gasteiger partial charge in [0.05, 0.1) is 10.7 Å². The second-order valence-corrected chi connectivity index (χ2v) is 8.74. The van der Waals surface area contributed by atoms with Crippen LogP contribution in [0.15, 0.2) is 78.0 Å². The summed E-state index contributed by atoms with van der Waals surface area (Å²) in [6.45, 7) is 3.37. The normalized spacial score (nSPS) is 11.6. The first-order chi connectivity index (χ1) is 17.3. The van der Waals surface area contributed by atoms with Gasteiger partial charge in [-0.25, -0.2) is 4.39 Å². The van der Waals surface area contributed by atoms with Gasteiger partial charge in [0.15, 0.2) is 28.7 Å². The number of para-hydroxylation sites is 2. The molecule has 36 heavy (non-hydrogen) atoms. The third-order valence-electron chi connectivity index (χ3n) is 5.20. The molecule has 3 aromatic carbocycles. The molecule has 1 atom stereocenters. The molecule has 1 unspecified atom stereocenters. The van der Waals surface area contributed by atoms with Crippen molar-refractivity contribution in [1.82, 2.24) is 14.8 Å². The number of nitrogens with one attached hydrogen (secondary N) is 1.